The van der Waals surface area contributed by atoms with E-state index in [2.05, 4.69) is 40.1 Å². The van der Waals surface area contributed by atoms with Crippen molar-refractivity contribution >= 4 is 0 Å². The van der Waals surface area contributed by atoms with Gasteiger partial charge in [0.05, 0.1) is 7.11 Å². The summed E-state index contributed by atoms with van der Waals surface area (Å²) in [4.78, 5) is 4.53. The Morgan fingerprint density at radius 3 is 3.08 bits per heavy atom. The zero-order valence-corrected chi connectivity index (χ0v) is 15.8. The van der Waals surface area contributed by atoms with Gasteiger partial charge in [-0.3, -0.25) is 0 Å². The van der Waals surface area contributed by atoms with Gasteiger partial charge >= 0.3 is 0 Å². The number of rotatable bonds is 5. The fraction of sp³-hybridized carbons (Fsp3) is 0.571. The molecule has 1 unspecified atom stereocenters. The average Bonchev–Trinajstić information content (AvgIpc) is 3.11. The largest absolute Gasteiger partial charge is 0.496 e. The maximum atomic E-state index is 6.10. The summed E-state index contributed by atoms with van der Waals surface area (Å²) in [5.41, 5.74) is 2.81. The molecule has 1 aromatic heterocycles. The summed E-state index contributed by atoms with van der Waals surface area (Å²) in [6.45, 7) is 1.83. The van der Waals surface area contributed by atoms with E-state index in [9.17, 15) is 0 Å². The summed E-state index contributed by atoms with van der Waals surface area (Å²) in [5, 5.41) is 3.82. The lowest BCUT2D eigenvalue weighted by atomic mass is 9.86. The van der Waals surface area contributed by atoms with E-state index in [-0.39, 0.29) is 6.10 Å². The van der Waals surface area contributed by atoms with Gasteiger partial charge in [-0.15, -0.1) is 0 Å². The van der Waals surface area contributed by atoms with Crippen molar-refractivity contribution in [1.82, 2.24) is 14.9 Å². The van der Waals surface area contributed by atoms with Crippen molar-refractivity contribution in [3.8, 4) is 5.75 Å². The molecule has 3 atom stereocenters. The van der Waals surface area contributed by atoms with Crippen LogP contribution in [0, 0.1) is 5.92 Å². The molecule has 1 aromatic carbocycles. The van der Waals surface area contributed by atoms with Crippen molar-refractivity contribution in [2.75, 3.05) is 20.3 Å². The Kier molecular flexibility index (Phi) is 5.27. The van der Waals surface area contributed by atoms with Crippen LogP contribution in [-0.4, -0.2) is 35.9 Å². The summed E-state index contributed by atoms with van der Waals surface area (Å²) in [7, 11) is 3.82. The monoisotopic (exact) mass is 355 g/mol. The van der Waals surface area contributed by atoms with E-state index in [1.165, 1.54) is 17.5 Å². The molecule has 0 amide bonds. The van der Waals surface area contributed by atoms with Crippen LogP contribution >= 0.6 is 0 Å². The van der Waals surface area contributed by atoms with Gasteiger partial charge in [0.15, 0.2) is 0 Å². The maximum Gasteiger partial charge on any atom is 0.137 e. The Morgan fingerprint density at radius 1 is 1.35 bits per heavy atom. The number of nitrogens with zero attached hydrogens (tertiary/aromatic N) is 2. The first-order chi connectivity index (χ1) is 12.8. The molecule has 5 nitrogen and oxygen atoms in total. The van der Waals surface area contributed by atoms with E-state index < -0.39 is 0 Å². The number of benzene rings is 1. The van der Waals surface area contributed by atoms with Crippen LogP contribution in [0.2, 0.25) is 0 Å². The smallest absolute Gasteiger partial charge is 0.137 e. The molecular formula is C21H29N3O2. The van der Waals surface area contributed by atoms with E-state index in [1.54, 1.807) is 7.11 Å². The highest BCUT2D eigenvalue weighted by Crippen LogP contribution is 2.33. The van der Waals surface area contributed by atoms with Crippen LogP contribution in [0.4, 0.5) is 0 Å². The van der Waals surface area contributed by atoms with Gasteiger partial charge in [0.2, 0.25) is 0 Å². The Balaban J connectivity index is 1.39. The first-order valence-corrected chi connectivity index (χ1v) is 9.73. The third-order valence-corrected chi connectivity index (χ3v) is 5.89. The predicted octanol–water partition coefficient (Wildman–Crippen LogP) is 3.04. The zero-order chi connectivity index (χ0) is 17.9. The first-order valence-electron chi connectivity index (χ1n) is 9.73. The van der Waals surface area contributed by atoms with Gasteiger partial charge < -0.3 is 19.4 Å². The summed E-state index contributed by atoms with van der Waals surface area (Å²) < 4.78 is 13.7. The minimum absolute atomic E-state index is 0.104. The summed E-state index contributed by atoms with van der Waals surface area (Å²) in [6.07, 6.45) is 9.63. The number of nitrogens with one attached hydrogen (secondary N) is 1. The lowest BCUT2D eigenvalue weighted by Crippen LogP contribution is -2.40. The standard InChI is InChI=1S/C21H29N3O2/c1-24-11-10-22-21(24)20-16(6-4-12-26-20)14-23-17-8-9-18-15(13-17)5-3-7-19(18)25-2/h3,5,7,10-11,16-17,20,23H,4,6,8-9,12-14H2,1-2H3/t16-,17?,20+/m0/s1. The Hall–Kier alpha value is -1.85. The third kappa shape index (κ3) is 3.51. The van der Waals surface area contributed by atoms with Gasteiger partial charge in [-0.2, -0.15) is 0 Å². The molecule has 0 radical (unpaired) electrons. The Labute approximate surface area is 155 Å². The normalized spacial score (nSPS) is 25.7. The van der Waals surface area contributed by atoms with Gasteiger partial charge in [0.25, 0.3) is 0 Å². The molecule has 2 aromatic rings. The molecule has 0 bridgehead atoms. The van der Waals surface area contributed by atoms with Crippen LogP contribution in [0.25, 0.3) is 0 Å². The minimum atomic E-state index is 0.104. The van der Waals surface area contributed by atoms with E-state index >= 15 is 0 Å². The van der Waals surface area contributed by atoms with Crippen LogP contribution in [0.15, 0.2) is 30.6 Å². The SMILES string of the molecule is COc1cccc2c1CCC(NC[C@@H]1CCCO[C@H]1c1nccn1C)C2. The van der Waals surface area contributed by atoms with Gasteiger partial charge in [-0.05, 0) is 49.3 Å². The quantitative estimate of drug-likeness (QED) is 0.896. The van der Waals surface area contributed by atoms with Crippen molar-refractivity contribution in [2.45, 2.75) is 44.2 Å². The fourth-order valence-electron chi connectivity index (χ4n) is 4.44. The van der Waals surface area contributed by atoms with Crippen LogP contribution in [0.3, 0.4) is 0 Å². The molecule has 4 rings (SSSR count). The van der Waals surface area contributed by atoms with E-state index in [4.69, 9.17) is 9.47 Å². The van der Waals surface area contributed by atoms with Crippen molar-refractivity contribution in [3.63, 3.8) is 0 Å². The predicted molar refractivity (Wildman–Crippen MR) is 101 cm³/mol. The molecule has 1 aliphatic heterocycles. The molecule has 1 N–H and O–H groups in total. The number of methoxy groups -OCH3 is 1. The van der Waals surface area contributed by atoms with Gasteiger partial charge in [-0.25, -0.2) is 4.98 Å². The van der Waals surface area contributed by atoms with Crippen LogP contribution < -0.4 is 10.1 Å². The number of hydrogen-bond donors (Lipinski definition) is 1. The van der Waals surface area contributed by atoms with E-state index in [0.717, 1.165) is 50.4 Å². The van der Waals surface area contributed by atoms with Crippen LogP contribution in [0.5, 0.6) is 5.75 Å². The lowest BCUT2D eigenvalue weighted by Gasteiger charge is -2.34. The van der Waals surface area contributed by atoms with Gasteiger partial charge in [-0.1, -0.05) is 12.1 Å². The number of aryl methyl sites for hydroxylation is 1. The number of fused-ring (bicyclic) bond motifs is 1. The topological polar surface area (TPSA) is 48.3 Å². The second kappa shape index (κ2) is 7.80. The third-order valence-electron chi connectivity index (χ3n) is 5.89. The maximum absolute atomic E-state index is 6.10. The van der Waals surface area contributed by atoms with E-state index in [1.807, 2.05) is 12.4 Å². The number of aromatic nitrogens is 2. The molecule has 5 heteroatoms. The van der Waals surface area contributed by atoms with Crippen molar-refractivity contribution < 1.29 is 9.47 Å². The minimum Gasteiger partial charge on any atom is -0.496 e. The molecule has 1 saturated heterocycles. The van der Waals surface area contributed by atoms with Crippen molar-refractivity contribution in [3.05, 3.63) is 47.5 Å². The van der Waals surface area contributed by atoms with Crippen LogP contribution in [0.1, 0.15) is 42.3 Å². The van der Waals surface area contributed by atoms with Crippen molar-refractivity contribution in [1.29, 1.82) is 0 Å². The molecular weight excluding hydrogens is 326 g/mol. The molecule has 26 heavy (non-hydrogen) atoms. The molecule has 0 spiro atoms. The van der Waals surface area contributed by atoms with Crippen LogP contribution in [-0.2, 0) is 24.6 Å². The molecule has 140 valence electrons. The average molecular weight is 355 g/mol. The molecule has 0 saturated carbocycles. The highest BCUT2D eigenvalue weighted by molar-refractivity contribution is 5.42. The highest BCUT2D eigenvalue weighted by atomic mass is 16.5. The summed E-state index contributed by atoms with van der Waals surface area (Å²) >= 11 is 0. The lowest BCUT2D eigenvalue weighted by molar-refractivity contribution is -0.0351. The second-order valence-electron chi connectivity index (χ2n) is 7.54. The van der Waals surface area contributed by atoms with Gasteiger partial charge in [0.1, 0.15) is 17.7 Å². The molecule has 2 aliphatic rings. The van der Waals surface area contributed by atoms with Gasteiger partial charge in [0, 0.05) is 44.6 Å². The first kappa shape index (κ1) is 17.6. The Morgan fingerprint density at radius 2 is 2.27 bits per heavy atom. The summed E-state index contributed by atoms with van der Waals surface area (Å²) in [5.74, 6) is 2.57. The van der Waals surface area contributed by atoms with Crippen molar-refractivity contribution in [2.24, 2.45) is 13.0 Å². The van der Waals surface area contributed by atoms with E-state index in [0.29, 0.717) is 12.0 Å². The number of hydrogen-bond acceptors (Lipinski definition) is 4. The molecule has 1 aliphatic carbocycles. The second-order valence-corrected chi connectivity index (χ2v) is 7.54. The number of imidazole rings is 1. The number of ether oxygens (including phenoxy) is 2. The molecule has 1 fully saturated rings. The Bertz CT molecular complexity index is 743. The highest BCUT2D eigenvalue weighted by Gasteiger charge is 2.31. The summed E-state index contributed by atoms with van der Waals surface area (Å²) in [6, 6.07) is 6.94. The molecule has 2 heterocycles. The zero-order valence-electron chi connectivity index (χ0n) is 15.8. The fourth-order valence-corrected chi connectivity index (χ4v) is 4.44.